The number of nitrogens with one attached hydrogen (secondary N) is 1. The Hall–Kier alpha value is -1.96. The molecule has 0 bridgehead atoms. The second-order valence-electron chi connectivity index (χ2n) is 3.75. The van der Waals surface area contributed by atoms with Gasteiger partial charge in [-0.15, -0.1) is 0 Å². The van der Waals surface area contributed by atoms with Crippen molar-refractivity contribution in [1.82, 2.24) is 9.55 Å². The van der Waals surface area contributed by atoms with Crippen LogP contribution in [0, 0.1) is 0 Å². The van der Waals surface area contributed by atoms with Crippen molar-refractivity contribution in [2.24, 2.45) is 7.05 Å². The maximum Gasteiger partial charge on any atom is 0.0484 e. The molecule has 0 radical (unpaired) electrons. The van der Waals surface area contributed by atoms with Gasteiger partial charge in [-0.2, -0.15) is 0 Å². The van der Waals surface area contributed by atoms with E-state index >= 15 is 0 Å². The fraction of sp³-hybridized carbons (Fsp3) is 0.0769. The quantitative estimate of drug-likeness (QED) is 0.617. The first kappa shape index (κ1) is 8.36. The minimum Gasteiger partial charge on any atom is -0.361 e. The van der Waals surface area contributed by atoms with Gasteiger partial charge in [-0.1, -0.05) is 18.2 Å². The van der Waals surface area contributed by atoms with Crippen LogP contribution in [0.3, 0.4) is 0 Å². The molecule has 0 fully saturated rings. The van der Waals surface area contributed by atoms with Gasteiger partial charge in [0.05, 0.1) is 0 Å². The molecule has 0 atom stereocenters. The van der Waals surface area contributed by atoms with Crippen LogP contribution in [0.1, 0.15) is 0 Å². The molecule has 3 aromatic rings. The van der Waals surface area contributed by atoms with E-state index in [9.17, 15) is 0 Å². The number of para-hydroxylation sites is 1. The van der Waals surface area contributed by atoms with Crippen molar-refractivity contribution in [2.75, 3.05) is 0 Å². The molecule has 15 heavy (non-hydrogen) atoms. The molecule has 3 rings (SSSR count). The first-order chi connectivity index (χ1) is 7.36. The standard InChI is InChI=1S/C13H12N2/c1-15-9-11(12-6-4-8-14-12)10-5-2-3-7-13(10)15/h2-9,14H,1H3. The average Bonchev–Trinajstić information content (AvgIpc) is 2.87. The summed E-state index contributed by atoms with van der Waals surface area (Å²) >= 11 is 0. The summed E-state index contributed by atoms with van der Waals surface area (Å²) in [6, 6.07) is 12.6. The van der Waals surface area contributed by atoms with Crippen LogP contribution in [0.4, 0.5) is 0 Å². The Bertz CT molecular complexity index is 588. The SMILES string of the molecule is Cn1cc(-c2ccc[nH]2)c2ccccc21. The Balaban J connectivity index is 2.37. The van der Waals surface area contributed by atoms with Crippen LogP contribution in [0.2, 0.25) is 0 Å². The van der Waals surface area contributed by atoms with Crippen molar-refractivity contribution >= 4 is 10.9 Å². The molecular weight excluding hydrogens is 184 g/mol. The zero-order chi connectivity index (χ0) is 10.3. The number of aromatic nitrogens is 2. The summed E-state index contributed by atoms with van der Waals surface area (Å²) in [6.07, 6.45) is 4.12. The van der Waals surface area contributed by atoms with E-state index in [1.165, 1.54) is 22.2 Å². The third-order valence-electron chi connectivity index (χ3n) is 2.79. The molecule has 0 aliphatic carbocycles. The highest BCUT2D eigenvalue weighted by Gasteiger charge is 2.07. The monoisotopic (exact) mass is 196 g/mol. The van der Waals surface area contributed by atoms with Crippen LogP contribution in [0.25, 0.3) is 22.2 Å². The van der Waals surface area contributed by atoms with Crippen molar-refractivity contribution < 1.29 is 0 Å². The molecule has 0 saturated carbocycles. The zero-order valence-electron chi connectivity index (χ0n) is 8.57. The molecule has 2 aromatic heterocycles. The van der Waals surface area contributed by atoms with Crippen molar-refractivity contribution in [3.63, 3.8) is 0 Å². The maximum absolute atomic E-state index is 3.25. The van der Waals surface area contributed by atoms with Crippen molar-refractivity contribution in [2.45, 2.75) is 0 Å². The molecule has 2 nitrogen and oxygen atoms in total. The number of benzene rings is 1. The van der Waals surface area contributed by atoms with Gasteiger partial charge in [0.1, 0.15) is 0 Å². The van der Waals surface area contributed by atoms with E-state index in [4.69, 9.17) is 0 Å². The average molecular weight is 196 g/mol. The predicted molar refractivity (Wildman–Crippen MR) is 62.7 cm³/mol. The zero-order valence-corrected chi connectivity index (χ0v) is 8.57. The Labute approximate surface area is 88.2 Å². The highest BCUT2D eigenvalue weighted by molar-refractivity contribution is 5.95. The number of hydrogen-bond acceptors (Lipinski definition) is 0. The third-order valence-corrected chi connectivity index (χ3v) is 2.79. The number of aryl methyl sites for hydroxylation is 1. The molecule has 0 spiro atoms. The molecule has 0 unspecified atom stereocenters. The van der Waals surface area contributed by atoms with E-state index in [0.29, 0.717) is 0 Å². The second kappa shape index (κ2) is 3.02. The normalized spacial score (nSPS) is 11.0. The van der Waals surface area contributed by atoms with E-state index in [1.807, 2.05) is 12.3 Å². The number of rotatable bonds is 1. The van der Waals surface area contributed by atoms with Crippen LogP contribution in [-0.2, 0) is 7.05 Å². The third kappa shape index (κ3) is 1.18. The molecule has 0 saturated heterocycles. The predicted octanol–water partition coefficient (Wildman–Crippen LogP) is 3.17. The van der Waals surface area contributed by atoms with Gasteiger partial charge in [0.15, 0.2) is 0 Å². The molecule has 1 aromatic carbocycles. The fourth-order valence-electron chi connectivity index (χ4n) is 2.05. The van der Waals surface area contributed by atoms with E-state index in [-0.39, 0.29) is 0 Å². The van der Waals surface area contributed by atoms with Gasteiger partial charge in [0.25, 0.3) is 0 Å². The molecule has 0 amide bonds. The molecule has 1 N–H and O–H groups in total. The highest BCUT2D eigenvalue weighted by Crippen LogP contribution is 2.28. The van der Waals surface area contributed by atoms with Gasteiger partial charge < -0.3 is 9.55 Å². The Morgan fingerprint density at radius 3 is 2.73 bits per heavy atom. The van der Waals surface area contributed by atoms with Crippen molar-refractivity contribution in [3.05, 3.63) is 48.8 Å². The van der Waals surface area contributed by atoms with Gasteiger partial charge in [-0.05, 0) is 18.2 Å². The van der Waals surface area contributed by atoms with E-state index in [1.54, 1.807) is 0 Å². The van der Waals surface area contributed by atoms with Crippen molar-refractivity contribution in [3.8, 4) is 11.3 Å². The molecular formula is C13H12N2. The van der Waals surface area contributed by atoms with Crippen LogP contribution < -0.4 is 0 Å². The van der Waals surface area contributed by atoms with Gasteiger partial charge >= 0.3 is 0 Å². The maximum atomic E-state index is 3.25. The van der Waals surface area contributed by atoms with Crippen LogP contribution in [-0.4, -0.2) is 9.55 Å². The van der Waals surface area contributed by atoms with Crippen molar-refractivity contribution in [1.29, 1.82) is 0 Å². The second-order valence-corrected chi connectivity index (χ2v) is 3.75. The lowest BCUT2D eigenvalue weighted by atomic mass is 10.1. The van der Waals surface area contributed by atoms with E-state index < -0.39 is 0 Å². The van der Waals surface area contributed by atoms with Crippen LogP contribution >= 0.6 is 0 Å². The first-order valence-corrected chi connectivity index (χ1v) is 5.04. The summed E-state index contributed by atoms with van der Waals surface area (Å²) < 4.78 is 2.16. The molecule has 0 aliphatic rings. The minimum atomic E-state index is 1.17. The molecule has 2 heteroatoms. The first-order valence-electron chi connectivity index (χ1n) is 5.04. The van der Waals surface area contributed by atoms with Gasteiger partial charge in [0.2, 0.25) is 0 Å². The highest BCUT2D eigenvalue weighted by atomic mass is 14.9. The summed E-state index contributed by atoms with van der Waals surface area (Å²) in [5.41, 5.74) is 3.70. The van der Waals surface area contributed by atoms with Crippen LogP contribution in [0.5, 0.6) is 0 Å². The largest absolute Gasteiger partial charge is 0.361 e. The van der Waals surface area contributed by atoms with E-state index in [0.717, 1.165) is 0 Å². The smallest absolute Gasteiger partial charge is 0.0484 e. The molecule has 0 aliphatic heterocycles. The number of fused-ring (bicyclic) bond motifs is 1. The Kier molecular flexibility index (Phi) is 1.68. The number of hydrogen-bond donors (Lipinski definition) is 1. The number of aromatic amines is 1. The Morgan fingerprint density at radius 2 is 1.93 bits per heavy atom. The number of nitrogens with zero attached hydrogens (tertiary/aromatic N) is 1. The van der Waals surface area contributed by atoms with Crippen LogP contribution in [0.15, 0.2) is 48.8 Å². The lowest BCUT2D eigenvalue weighted by Gasteiger charge is -1.94. The topological polar surface area (TPSA) is 20.7 Å². The summed E-state index contributed by atoms with van der Waals surface area (Å²) in [5, 5.41) is 1.29. The number of H-pyrrole nitrogens is 1. The lowest BCUT2D eigenvalue weighted by molar-refractivity contribution is 0.970. The summed E-state index contributed by atoms with van der Waals surface area (Å²) in [4.78, 5) is 3.25. The minimum absolute atomic E-state index is 1.17. The fourth-order valence-corrected chi connectivity index (χ4v) is 2.05. The molecule has 74 valence electrons. The van der Waals surface area contributed by atoms with Gasteiger partial charge in [-0.3, -0.25) is 0 Å². The lowest BCUT2D eigenvalue weighted by Crippen LogP contribution is -1.81. The van der Waals surface area contributed by atoms with Gasteiger partial charge in [0, 0.05) is 41.6 Å². The van der Waals surface area contributed by atoms with Gasteiger partial charge in [-0.25, -0.2) is 0 Å². The molecule has 2 heterocycles. The Morgan fingerprint density at radius 1 is 1.07 bits per heavy atom. The summed E-state index contributed by atoms with van der Waals surface area (Å²) in [5.74, 6) is 0. The summed E-state index contributed by atoms with van der Waals surface area (Å²) in [6.45, 7) is 0. The summed E-state index contributed by atoms with van der Waals surface area (Å²) in [7, 11) is 2.08. The van der Waals surface area contributed by atoms with E-state index in [2.05, 4.69) is 53.1 Å².